The van der Waals surface area contributed by atoms with Gasteiger partial charge >= 0.3 is 0 Å². The van der Waals surface area contributed by atoms with Gasteiger partial charge in [0, 0.05) is 34.8 Å². The summed E-state index contributed by atoms with van der Waals surface area (Å²) in [5.41, 5.74) is 7.13. The van der Waals surface area contributed by atoms with Gasteiger partial charge in [-0.2, -0.15) is 5.10 Å². The third-order valence-corrected chi connectivity index (χ3v) is 5.82. The second-order valence-corrected chi connectivity index (χ2v) is 8.29. The molecule has 4 rings (SSSR count). The van der Waals surface area contributed by atoms with Crippen molar-refractivity contribution in [1.29, 1.82) is 0 Å². The van der Waals surface area contributed by atoms with Crippen LogP contribution in [-0.4, -0.2) is 16.7 Å². The molecule has 32 heavy (non-hydrogen) atoms. The molecule has 0 spiro atoms. The smallest absolute Gasteiger partial charge is 0.287 e. The summed E-state index contributed by atoms with van der Waals surface area (Å²) in [6, 6.07) is 17.1. The molecule has 1 aromatic heterocycles. The Morgan fingerprint density at radius 2 is 1.88 bits per heavy atom. The molecular formula is C24H23ClN4O2S. The normalized spacial score (nSPS) is 14.0. The van der Waals surface area contributed by atoms with Crippen LogP contribution in [-0.2, 0) is 13.0 Å². The predicted octanol–water partition coefficient (Wildman–Crippen LogP) is 5.20. The van der Waals surface area contributed by atoms with E-state index in [-0.39, 0.29) is 5.91 Å². The van der Waals surface area contributed by atoms with Crippen LogP contribution < -0.4 is 16.1 Å². The van der Waals surface area contributed by atoms with Gasteiger partial charge in [-0.25, -0.2) is 0 Å². The Morgan fingerprint density at radius 3 is 2.66 bits per heavy atom. The number of fused-ring (bicyclic) bond motifs is 1. The standard InChI is InChI=1S/C24H23ClN4O2S/c1-15-21-19(28-29-24(32)27-17-9-3-2-4-10-17)12-7-13-20(21)31-22(15)23(30)26-14-16-8-5-6-11-18(16)25/h2-6,8-11H,7,12-14H2,1H3,(H,26,30)(H2,27,29,32)/b28-19+. The van der Waals surface area contributed by atoms with E-state index in [2.05, 4.69) is 21.2 Å². The summed E-state index contributed by atoms with van der Waals surface area (Å²) in [6.07, 6.45) is 2.43. The third kappa shape index (κ3) is 5.00. The van der Waals surface area contributed by atoms with Crippen molar-refractivity contribution in [2.45, 2.75) is 32.7 Å². The molecule has 0 atom stereocenters. The van der Waals surface area contributed by atoms with Crippen LogP contribution in [0.25, 0.3) is 0 Å². The third-order valence-electron chi connectivity index (χ3n) is 5.25. The number of carbonyl (C=O) groups excluding carboxylic acids is 1. The number of benzene rings is 2. The number of thiocarbonyl (C=S) groups is 1. The zero-order valence-electron chi connectivity index (χ0n) is 17.6. The predicted molar refractivity (Wildman–Crippen MR) is 131 cm³/mol. The molecule has 1 aliphatic rings. The lowest BCUT2D eigenvalue weighted by Gasteiger charge is -2.14. The van der Waals surface area contributed by atoms with Crippen molar-refractivity contribution >= 4 is 46.2 Å². The highest BCUT2D eigenvalue weighted by Gasteiger charge is 2.28. The Bertz CT molecular complexity index is 1170. The molecule has 3 aromatic rings. The topological polar surface area (TPSA) is 78.7 Å². The van der Waals surface area contributed by atoms with Crippen LogP contribution >= 0.6 is 23.8 Å². The number of furan rings is 1. The van der Waals surface area contributed by atoms with Crippen molar-refractivity contribution in [3.05, 3.63) is 87.8 Å². The molecule has 164 valence electrons. The van der Waals surface area contributed by atoms with Gasteiger partial charge in [0.2, 0.25) is 0 Å². The van der Waals surface area contributed by atoms with Crippen molar-refractivity contribution in [1.82, 2.24) is 10.7 Å². The maximum atomic E-state index is 12.8. The molecule has 0 bridgehead atoms. The maximum Gasteiger partial charge on any atom is 0.287 e. The van der Waals surface area contributed by atoms with Crippen LogP contribution in [0.4, 0.5) is 5.69 Å². The van der Waals surface area contributed by atoms with Gasteiger partial charge in [0.1, 0.15) is 5.76 Å². The van der Waals surface area contributed by atoms with Crippen molar-refractivity contribution in [2.24, 2.45) is 5.10 Å². The Balaban J connectivity index is 1.47. The SMILES string of the molecule is Cc1c(C(=O)NCc2ccccc2Cl)oc2c1/C(=N/NC(=S)Nc1ccccc1)CCC2. The van der Waals surface area contributed by atoms with E-state index in [0.29, 0.717) is 22.4 Å². The Hall–Kier alpha value is -3.16. The minimum absolute atomic E-state index is 0.273. The summed E-state index contributed by atoms with van der Waals surface area (Å²) in [7, 11) is 0. The maximum absolute atomic E-state index is 12.8. The molecule has 0 aliphatic heterocycles. The Labute approximate surface area is 197 Å². The molecule has 0 radical (unpaired) electrons. The number of hydrazone groups is 1. The van der Waals surface area contributed by atoms with Gasteiger partial charge in [0.15, 0.2) is 10.9 Å². The first-order chi connectivity index (χ1) is 15.5. The van der Waals surface area contributed by atoms with Crippen LogP contribution in [0.1, 0.15) is 45.8 Å². The highest BCUT2D eigenvalue weighted by molar-refractivity contribution is 7.80. The summed E-state index contributed by atoms with van der Waals surface area (Å²) >= 11 is 11.5. The zero-order chi connectivity index (χ0) is 22.5. The molecule has 1 amide bonds. The highest BCUT2D eigenvalue weighted by Crippen LogP contribution is 2.30. The molecule has 3 N–H and O–H groups in total. The van der Waals surface area contributed by atoms with Crippen LogP contribution in [0.3, 0.4) is 0 Å². The lowest BCUT2D eigenvalue weighted by atomic mass is 9.93. The lowest BCUT2D eigenvalue weighted by molar-refractivity contribution is 0.0920. The van der Waals surface area contributed by atoms with Gasteiger partial charge in [0.25, 0.3) is 5.91 Å². The van der Waals surface area contributed by atoms with E-state index >= 15 is 0 Å². The van der Waals surface area contributed by atoms with Crippen molar-refractivity contribution in [3.8, 4) is 0 Å². The number of aryl methyl sites for hydroxylation is 1. The van der Waals surface area contributed by atoms with Gasteiger partial charge < -0.3 is 15.1 Å². The van der Waals surface area contributed by atoms with E-state index in [1.165, 1.54) is 0 Å². The molecular weight excluding hydrogens is 444 g/mol. The van der Waals surface area contributed by atoms with Gasteiger partial charge in [-0.15, -0.1) is 0 Å². The minimum atomic E-state index is -0.273. The highest BCUT2D eigenvalue weighted by atomic mass is 35.5. The first-order valence-electron chi connectivity index (χ1n) is 10.4. The quantitative estimate of drug-likeness (QED) is 0.356. The molecule has 0 saturated carbocycles. The van der Waals surface area contributed by atoms with Crippen molar-refractivity contribution < 1.29 is 9.21 Å². The Kier molecular flexibility index (Phi) is 6.87. The lowest BCUT2D eigenvalue weighted by Crippen LogP contribution is -2.26. The molecule has 0 saturated heterocycles. The molecule has 0 fully saturated rings. The van der Waals surface area contributed by atoms with Gasteiger partial charge in [-0.05, 0) is 55.7 Å². The molecule has 0 unspecified atom stereocenters. The number of rotatable bonds is 5. The molecule has 8 heteroatoms. The van der Waals surface area contributed by atoms with Crippen LogP contribution in [0, 0.1) is 6.92 Å². The largest absolute Gasteiger partial charge is 0.455 e. The number of nitrogens with one attached hydrogen (secondary N) is 3. The number of nitrogens with zero attached hydrogens (tertiary/aromatic N) is 1. The van der Waals surface area contributed by atoms with Gasteiger partial charge in [-0.1, -0.05) is 48.0 Å². The number of carbonyl (C=O) groups is 1. The van der Waals surface area contributed by atoms with Crippen molar-refractivity contribution in [2.75, 3.05) is 5.32 Å². The van der Waals surface area contributed by atoms with E-state index in [1.54, 1.807) is 6.07 Å². The number of amides is 1. The van der Waals surface area contributed by atoms with E-state index in [1.807, 2.05) is 55.5 Å². The van der Waals surface area contributed by atoms with Crippen LogP contribution in [0.15, 0.2) is 64.1 Å². The molecule has 6 nitrogen and oxygen atoms in total. The second kappa shape index (κ2) is 9.97. The van der Waals surface area contributed by atoms with Gasteiger partial charge in [-0.3, -0.25) is 10.2 Å². The first kappa shape index (κ1) is 22.0. The molecule has 1 heterocycles. The average molecular weight is 467 g/mol. The van der Waals surface area contributed by atoms with E-state index < -0.39 is 0 Å². The average Bonchev–Trinajstić information content (AvgIpc) is 3.15. The summed E-state index contributed by atoms with van der Waals surface area (Å²) < 4.78 is 5.95. The fraction of sp³-hybridized carbons (Fsp3) is 0.208. The fourth-order valence-corrected chi connectivity index (χ4v) is 4.06. The van der Waals surface area contributed by atoms with Crippen LogP contribution in [0.2, 0.25) is 5.02 Å². The monoisotopic (exact) mass is 466 g/mol. The number of para-hydroxylation sites is 1. The van der Waals surface area contributed by atoms with E-state index in [9.17, 15) is 4.79 Å². The van der Waals surface area contributed by atoms with Gasteiger partial charge in [0.05, 0.1) is 5.71 Å². The summed E-state index contributed by atoms with van der Waals surface area (Å²) in [4.78, 5) is 12.8. The molecule has 1 aliphatic carbocycles. The summed E-state index contributed by atoms with van der Waals surface area (Å²) in [5.74, 6) is 0.811. The number of hydrogen-bond donors (Lipinski definition) is 3. The number of anilines is 1. The van der Waals surface area contributed by atoms with E-state index in [4.69, 9.17) is 28.2 Å². The first-order valence-corrected chi connectivity index (χ1v) is 11.1. The zero-order valence-corrected chi connectivity index (χ0v) is 19.1. The van der Waals surface area contributed by atoms with Crippen LogP contribution in [0.5, 0.6) is 0 Å². The number of halogens is 1. The molecule has 2 aromatic carbocycles. The summed E-state index contributed by atoms with van der Waals surface area (Å²) in [6.45, 7) is 2.21. The minimum Gasteiger partial charge on any atom is -0.455 e. The fourth-order valence-electron chi connectivity index (χ4n) is 3.69. The Morgan fingerprint density at radius 1 is 1.12 bits per heavy atom. The van der Waals surface area contributed by atoms with Crippen molar-refractivity contribution in [3.63, 3.8) is 0 Å². The number of hydrogen-bond acceptors (Lipinski definition) is 4. The van der Waals surface area contributed by atoms with E-state index in [0.717, 1.165) is 53.1 Å². The summed E-state index contributed by atoms with van der Waals surface area (Å²) in [5, 5.41) is 11.5. The second-order valence-electron chi connectivity index (χ2n) is 7.47.